The number of benzene rings is 1. The molecule has 1 aromatic carbocycles. The van der Waals surface area contributed by atoms with E-state index in [1.165, 1.54) is 0 Å². The van der Waals surface area contributed by atoms with Gasteiger partial charge in [0, 0.05) is 20.6 Å². The predicted octanol–water partition coefficient (Wildman–Crippen LogP) is 1.69. The summed E-state index contributed by atoms with van der Waals surface area (Å²) in [6.07, 6.45) is 1.75. The Kier molecular flexibility index (Phi) is 3.87. The number of fused-ring (bicyclic) bond motifs is 1. The van der Waals surface area contributed by atoms with Crippen molar-refractivity contribution < 1.29 is 0 Å². The zero-order chi connectivity index (χ0) is 16.4. The molecule has 3 aromatic rings. The molecule has 0 saturated heterocycles. The summed E-state index contributed by atoms with van der Waals surface area (Å²) in [7, 11) is 3.69. The highest BCUT2D eigenvalue weighted by atomic mass is 15.3. The Morgan fingerprint density at radius 1 is 1.22 bits per heavy atom. The number of nitrogens with two attached hydrogens (primary N) is 1. The van der Waals surface area contributed by atoms with Crippen molar-refractivity contribution in [2.45, 2.75) is 12.5 Å². The molecule has 2 aromatic heterocycles. The summed E-state index contributed by atoms with van der Waals surface area (Å²) in [5, 5.41) is 11.4. The smallest absolute Gasteiger partial charge is 0.226 e. The largest absolute Gasteiger partial charge is 0.372 e. The predicted molar refractivity (Wildman–Crippen MR) is 92.3 cm³/mol. The van der Waals surface area contributed by atoms with E-state index in [1.54, 1.807) is 10.9 Å². The number of hydrogen-bond acceptors (Lipinski definition) is 6. The number of aryl methyl sites for hydroxylation is 1. The number of hydrogen-bond donors (Lipinski definition) is 3. The molecule has 0 fully saturated rings. The van der Waals surface area contributed by atoms with Gasteiger partial charge in [0.15, 0.2) is 5.65 Å². The van der Waals surface area contributed by atoms with E-state index in [0.717, 1.165) is 22.4 Å². The van der Waals surface area contributed by atoms with E-state index in [2.05, 4.69) is 25.7 Å². The van der Waals surface area contributed by atoms with Crippen LogP contribution >= 0.6 is 0 Å². The molecule has 0 saturated carbocycles. The summed E-state index contributed by atoms with van der Waals surface area (Å²) in [6.45, 7) is 2.50. The zero-order valence-electron chi connectivity index (χ0n) is 13.5. The lowest BCUT2D eigenvalue weighted by molar-refractivity contribution is 0.523. The van der Waals surface area contributed by atoms with Gasteiger partial charge in [-0.3, -0.25) is 4.68 Å². The molecule has 1 unspecified atom stereocenters. The van der Waals surface area contributed by atoms with E-state index < -0.39 is 5.54 Å². The molecule has 2 heterocycles. The van der Waals surface area contributed by atoms with Crippen molar-refractivity contribution in [3.05, 3.63) is 42.1 Å². The maximum absolute atomic E-state index is 6.43. The van der Waals surface area contributed by atoms with E-state index in [9.17, 15) is 0 Å². The van der Waals surface area contributed by atoms with Crippen molar-refractivity contribution >= 4 is 22.8 Å². The summed E-state index contributed by atoms with van der Waals surface area (Å²) in [5.41, 5.74) is 7.73. The van der Waals surface area contributed by atoms with E-state index in [1.807, 2.05) is 51.4 Å². The van der Waals surface area contributed by atoms with Gasteiger partial charge in [0.1, 0.15) is 5.82 Å². The minimum absolute atomic E-state index is 0.517. The van der Waals surface area contributed by atoms with Crippen LogP contribution in [-0.2, 0) is 12.6 Å². The summed E-state index contributed by atoms with van der Waals surface area (Å²) < 4.78 is 1.72. The molecule has 7 heteroatoms. The van der Waals surface area contributed by atoms with Crippen LogP contribution in [0.1, 0.15) is 12.5 Å². The lowest BCUT2D eigenvalue weighted by atomic mass is 9.93. The van der Waals surface area contributed by atoms with Gasteiger partial charge in [-0.1, -0.05) is 30.3 Å². The Labute approximate surface area is 134 Å². The van der Waals surface area contributed by atoms with Gasteiger partial charge in [-0.15, -0.1) is 0 Å². The molecule has 3 rings (SSSR count). The number of anilines is 2. The van der Waals surface area contributed by atoms with E-state index in [-0.39, 0.29) is 0 Å². The van der Waals surface area contributed by atoms with Crippen LogP contribution in [0.4, 0.5) is 11.8 Å². The van der Waals surface area contributed by atoms with Crippen LogP contribution in [-0.4, -0.2) is 33.3 Å². The van der Waals surface area contributed by atoms with Gasteiger partial charge in [0.25, 0.3) is 0 Å². The highest BCUT2D eigenvalue weighted by Gasteiger charge is 2.21. The van der Waals surface area contributed by atoms with E-state index >= 15 is 0 Å². The molecule has 0 aliphatic carbocycles. The molecule has 1 atom stereocenters. The average molecular weight is 311 g/mol. The first-order chi connectivity index (χ1) is 11.0. The minimum atomic E-state index is -0.522. The Balaban J connectivity index is 1.86. The van der Waals surface area contributed by atoms with Crippen molar-refractivity contribution in [2.75, 3.05) is 24.2 Å². The Morgan fingerprint density at radius 2 is 1.96 bits per heavy atom. The van der Waals surface area contributed by atoms with Crippen LogP contribution in [0.2, 0.25) is 0 Å². The monoisotopic (exact) mass is 311 g/mol. The van der Waals surface area contributed by atoms with Gasteiger partial charge in [-0.2, -0.15) is 15.1 Å². The molecule has 0 aliphatic heterocycles. The third-order valence-electron chi connectivity index (χ3n) is 3.88. The van der Waals surface area contributed by atoms with E-state index in [4.69, 9.17) is 5.73 Å². The van der Waals surface area contributed by atoms with Crippen molar-refractivity contribution in [1.82, 2.24) is 19.7 Å². The molecule has 23 heavy (non-hydrogen) atoms. The van der Waals surface area contributed by atoms with Gasteiger partial charge in [-0.05, 0) is 12.5 Å². The van der Waals surface area contributed by atoms with Crippen molar-refractivity contribution in [3.8, 4) is 0 Å². The van der Waals surface area contributed by atoms with E-state index in [0.29, 0.717) is 12.5 Å². The van der Waals surface area contributed by atoms with Crippen LogP contribution in [0, 0.1) is 0 Å². The number of nitrogens with zero attached hydrogens (tertiary/aromatic N) is 4. The fourth-order valence-electron chi connectivity index (χ4n) is 2.48. The van der Waals surface area contributed by atoms with Crippen molar-refractivity contribution in [1.29, 1.82) is 0 Å². The summed E-state index contributed by atoms with van der Waals surface area (Å²) in [4.78, 5) is 9.01. The molecule has 0 bridgehead atoms. The summed E-state index contributed by atoms with van der Waals surface area (Å²) in [6, 6.07) is 9.99. The van der Waals surface area contributed by atoms with Crippen molar-refractivity contribution in [3.63, 3.8) is 0 Å². The Bertz CT molecular complexity index is 808. The first kappa shape index (κ1) is 15.2. The number of rotatable bonds is 5. The van der Waals surface area contributed by atoms with Crippen LogP contribution in [0.15, 0.2) is 36.5 Å². The zero-order valence-corrected chi connectivity index (χ0v) is 13.5. The third kappa shape index (κ3) is 2.95. The second kappa shape index (κ2) is 5.85. The van der Waals surface area contributed by atoms with Crippen LogP contribution in [0.3, 0.4) is 0 Å². The van der Waals surface area contributed by atoms with Gasteiger partial charge in [-0.25, -0.2) is 0 Å². The highest BCUT2D eigenvalue weighted by molar-refractivity contribution is 5.87. The van der Waals surface area contributed by atoms with Crippen LogP contribution in [0.25, 0.3) is 11.0 Å². The SMILES string of the molecule is CNc1nc(NCC(C)(N)c2ccccc2)nc2c1cnn2C. The molecule has 4 N–H and O–H groups in total. The quantitative estimate of drug-likeness (QED) is 0.664. The highest BCUT2D eigenvalue weighted by Crippen LogP contribution is 2.22. The second-order valence-corrected chi connectivity index (χ2v) is 5.79. The number of nitrogens with one attached hydrogen (secondary N) is 2. The normalized spacial score (nSPS) is 13.7. The lowest BCUT2D eigenvalue weighted by Gasteiger charge is -2.25. The second-order valence-electron chi connectivity index (χ2n) is 5.79. The first-order valence-electron chi connectivity index (χ1n) is 7.47. The minimum Gasteiger partial charge on any atom is -0.372 e. The van der Waals surface area contributed by atoms with Gasteiger partial charge < -0.3 is 16.4 Å². The van der Waals surface area contributed by atoms with Gasteiger partial charge in [0.2, 0.25) is 5.95 Å². The first-order valence-corrected chi connectivity index (χ1v) is 7.47. The van der Waals surface area contributed by atoms with Crippen LogP contribution in [0.5, 0.6) is 0 Å². The topological polar surface area (TPSA) is 93.7 Å². The summed E-state index contributed by atoms with van der Waals surface area (Å²) >= 11 is 0. The lowest BCUT2D eigenvalue weighted by Crippen LogP contribution is -2.40. The molecule has 0 amide bonds. The summed E-state index contributed by atoms with van der Waals surface area (Å²) in [5.74, 6) is 1.27. The molecule has 0 radical (unpaired) electrons. The van der Waals surface area contributed by atoms with Gasteiger partial charge in [0.05, 0.1) is 17.1 Å². The maximum Gasteiger partial charge on any atom is 0.226 e. The fourth-order valence-corrected chi connectivity index (χ4v) is 2.48. The molecule has 7 nitrogen and oxygen atoms in total. The third-order valence-corrected chi connectivity index (χ3v) is 3.88. The van der Waals surface area contributed by atoms with Crippen LogP contribution < -0.4 is 16.4 Å². The molecule has 0 aliphatic rings. The Hall–Kier alpha value is -2.67. The van der Waals surface area contributed by atoms with Crippen molar-refractivity contribution in [2.24, 2.45) is 12.8 Å². The standard InChI is InChI=1S/C16H21N7/c1-16(17,11-7-5-4-6-8-11)10-19-15-21-13(18-2)12-9-20-23(3)14(12)22-15/h4-9H,10,17H2,1-3H3,(H2,18,19,21,22). The molecular weight excluding hydrogens is 290 g/mol. The number of aromatic nitrogens is 4. The molecule has 0 spiro atoms. The maximum atomic E-state index is 6.43. The van der Waals surface area contributed by atoms with Gasteiger partial charge >= 0.3 is 0 Å². The molecule has 120 valence electrons. The molecular formula is C16H21N7. The average Bonchev–Trinajstić information content (AvgIpc) is 2.94. The Morgan fingerprint density at radius 3 is 2.65 bits per heavy atom. The fraction of sp³-hybridized carbons (Fsp3) is 0.312.